The van der Waals surface area contributed by atoms with Gasteiger partial charge in [0.1, 0.15) is 0 Å². The number of hydrogen-bond donors (Lipinski definition) is 1. The van der Waals surface area contributed by atoms with Crippen LogP contribution in [0.5, 0.6) is 0 Å². The number of piperidine rings is 1. The van der Waals surface area contributed by atoms with E-state index in [0.29, 0.717) is 18.7 Å². The Morgan fingerprint density at radius 2 is 2.53 bits per heavy atom. The van der Waals surface area contributed by atoms with Crippen LogP contribution >= 0.6 is 11.3 Å². The molecule has 1 aromatic rings. The van der Waals surface area contributed by atoms with Gasteiger partial charge in [0.25, 0.3) is 5.91 Å². The van der Waals surface area contributed by atoms with E-state index in [-0.39, 0.29) is 12.0 Å². The van der Waals surface area contributed by atoms with Crippen LogP contribution < -0.4 is 5.73 Å². The summed E-state index contributed by atoms with van der Waals surface area (Å²) in [5.41, 5.74) is 6.04. The highest BCUT2D eigenvalue weighted by Crippen LogP contribution is 2.19. The third-order valence-electron chi connectivity index (χ3n) is 3.16. The minimum atomic E-state index is 0.0683. The standard InChI is InChI=1S/C14H18N2O2S/c1-18-12-4-3-7-16(9-12)14(17)11-8-13(19-10-11)5-2-6-15/h8,10,12H,3-4,6-7,9,15H2,1H3. The molecule has 1 saturated heterocycles. The number of rotatable bonds is 2. The van der Waals surface area contributed by atoms with Crippen molar-refractivity contribution < 1.29 is 9.53 Å². The second-order valence-corrected chi connectivity index (χ2v) is 5.37. The third kappa shape index (κ3) is 3.57. The van der Waals surface area contributed by atoms with Gasteiger partial charge in [-0.15, -0.1) is 11.3 Å². The van der Waals surface area contributed by atoms with Crippen molar-refractivity contribution in [2.45, 2.75) is 18.9 Å². The smallest absolute Gasteiger partial charge is 0.254 e. The van der Waals surface area contributed by atoms with Crippen molar-refractivity contribution in [1.29, 1.82) is 0 Å². The summed E-state index contributed by atoms with van der Waals surface area (Å²) in [6.45, 7) is 1.82. The molecule has 2 N–H and O–H groups in total. The zero-order valence-electron chi connectivity index (χ0n) is 11.0. The van der Waals surface area contributed by atoms with E-state index >= 15 is 0 Å². The molecular weight excluding hydrogens is 260 g/mol. The average Bonchev–Trinajstić information content (AvgIpc) is 2.93. The molecule has 0 bridgehead atoms. The van der Waals surface area contributed by atoms with Gasteiger partial charge in [-0.1, -0.05) is 11.8 Å². The molecule has 0 aliphatic carbocycles. The first-order chi connectivity index (χ1) is 9.24. The molecule has 19 heavy (non-hydrogen) atoms. The highest BCUT2D eigenvalue weighted by Gasteiger charge is 2.24. The van der Waals surface area contributed by atoms with Gasteiger partial charge >= 0.3 is 0 Å². The van der Waals surface area contributed by atoms with Gasteiger partial charge in [-0.05, 0) is 18.9 Å². The lowest BCUT2D eigenvalue weighted by Gasteiger charge is -2.31. The molecule has 2 rings (SSSR count). The van der Waals surface area contributed by atoms with Crippen LogP contribution in [0.3, 0.4) is 0 Å². The van der Waals surface area contributed by atoms with E-state index in [1.807, 2.05) is 16.3 Å². The number of methoxy groups -OCH3 is 1. The Bertz CT molecular complexity index is 501. The molecule has 102 valence electrons. The second kappa shape index (κ2) is 6.71. The third-order valence-corrected chi connectivity index (χ3v) is 4.00. The Labute approximate surface area is 117 Å². The van der Waals surface area contributed by atoms with Crippen molar-refractivity contribution in [2.24, 2.45) is 5.73 Å². The molecule has 1 aliphatic heterocycles. The van der Waals surface area contributed by atoms with Crippen molar-refractivity contribution in [3.8, 4) is 11.8 Å². The lowest BCUT2D eigenvalue weighted by molar-refractivity contribution is 0.0269. The Hall–Kier alpha value is -1.35. The van der Waals surface area contributed by atoms with E-state index in [9.17, 15) is 4.79 Å². The van der Waals surface area contributed by atoms with Crippen molar-refractivity contribution in [3.63, 3.8) is 0 Å². The zero-order chi connectivity index (χ0) is 13.7. The Morgan fingerprint density at radius 1 is 1.68 bits per heavy atom. The van der Waals surface area contributed by atoms with E-state index in [0.717, 1.165) is 24.3 Å². The molecule has 0 saturated carbocycles. The van der Waals surface area contributed by atoms with Gasteiger partial charge in [0.2, 0.25) is 0 Å². The highest BCUT2D eigenvalue weighted by atomic mass is 32.1. The van der Waals surface area contributed by atoms with Crippen LogP contribution in [0.25, 0.3) is 0 Å². The molecule has 1 amide bonds. The lowest BCUT2D eigenvalue weighted by Crippen LogP contribution is -2.42. The van der Waals surface area contributed by atoms with Gasteiger partial charge in [0.05, 0.1) is 23.1 Å². The van der Waals surface area contributed by atoms with Gasteiger partial charge in [-0.25, -0.2) is 0 Å². The molecule has 5 heteroatoms. The first-order valence-corrected chi connectivity index (χ1v) is 7.22. The highest BCUT2D eigenvalue weighted by molar-refractivity contribution is 7.10. The van der Waals surface area contributed by atoms with Gasteiger partial charge in [-0.2, -0.15) is 0 Å². The summed E-state index contributed by atoms with van der Waals surface area (Å²) >= 11 is 1.48. The molecule has 1 fully saturated rings. The van der Waals surface area contributed by atoms with Gasteiger partial charge in [0.15, 0.2) is 0 Å². The molecule has 1 unspecified atom stereocenters. The minimum absolute atomic E-state index is 0.0683. The van der Waals surface area contributed by atoms with Crippen molar-refractivity contribution in [1.82, 2.24) is 4.90 Å². The van der Waals surface area contributed by atoms with E-state index in [1.165, 1.54) is 11.3 Å². The SMILES string of the molecule is COC1CCCN(C(=O)c2csc(C#CCN)c2)C1. The van der Waals surface area contributed by atoms with E-state index in [1.54, 1.807) is 7.11 Å². The van der Waals surface area contributed by atoms with Gasteiger partial charge in [-0.3, -0.25) is 4.79 Å². The molecule has 4 nitrogen and oxygen atoms in total. The topological polar surface area (TPSA) is 55.6 Å². The summed E-state index contributed by atoms with van der Waals surface area (Å²) < 4.78 is 5.34. The summed E-state index contributed by atoms with van der Waals surface area (Å²) in [6.07, 6.45) is 2.18. The number of hydrogen-bond acceptors (Lipinski definition) is 4. The number of thiophene rings is 1. The molecule has 2 heterocycles. The summed E-state index contributed by atoms with van der Waals surface area (Å²) in [7, 11) is 1.70. The van der Waals surface area contributed by atoms with Crippen LogP contribution in [0.1, 0.15) is 28.1 Å². The summed E-state index contributed by atoms with van der Waals surface area (Å²) in [5.74, 6) is 5.81. The van der Waals surface area contributed by atoms with Crippen molar-refractivity contribution in [3.05, 3.63) is 21.9 Å². The lowest BCUT2D eigenvalue weighted by atomic mass is 10.1. The van der Waals surface area contributed by atoms with Crippen LogP contribution in [0.2, 0.25) is 0 Å². The van der Waals surface area contributed by atoms with Crippen LogP contribution in [0, 0.1) is 11.8 Å². The molecule has 1 atom stereocenters. The van der Waals surface area contributed by atoms with Crippen molar-refractivity contribution >= 4 is 17.2 Å². The zero-order valence-corrected chi connectivity index (χ0v) is 11.8. The first-order valence-electron chi connectivity index (χ1n) is 6.34. The van der Waals surface area contributed by atoms with E-state index < -0.39 is 0 Å². The predicted octanol–water partition coefficient (Wildman–Crippen LogP) is 1.31. The van der Waals surface area contributed by atoms with Crippen LogP contribution in [0.4, 0.5) is 0 Å². The Balaban J connectivity index is 2.04. The molecule has 0 radical (unpaired) electrons. The number of nitrogens with two attached hydrogens (primary N) is 1. The Kier molecular flexibility index (Phi) is 4.97. The predicted molar refractivity (Wildman–Crippen MR) is 76.2 cm³/mol. The largest absolute Gasteiger partial charge is 0.380 e. The second-order valence-electron chi connectivity index (χ2n) is 4.46. The number of carbonyl (C=O) groups is 1. The van der Waals surface area contributed by atoms with Gasteiger partial charge < -0.3 is 15.4 Å². The number of likely N-dealkylation sites (tertiary alicyclic amines) is 1. The summed E-state index contributed by atoms with van der Waals surface area (Å²) in [5, 5.41) is 1.86. The maximum Gasteiger partial charge on any atom is 0.254 e. The number of carbonyl (C=O) groups excluding carboxylic acids is 1. The molecule has 1 aliphatic rings. The van der Waals surface area contributed by atoms with Crippen molar-refractivity contribution in [2.75, 3.05) is 26.7 Å². The molecule has 0 spiro atoms. The fraction of sp³-hybridized carbons (Fsp3) is 0.500. The fourth-order valence-corrected chi connectivity index (χ4v) is 2.90. The number of ether oxygens (including phenoxy) is 1. The maximum absolute atomic E-state index is 12.4. The normalized spacial score (nSPS) is 18.8. The summed E-state index contributed by atoms with van der Waals surface area (Å²) in [6, 6.07) is 1.84. The number of nitrogens with zero attached hydrogens (tertiary/aromatic N) is 1. The van der Waals surface area contributed by atoms with Gasteiger partial charge in [0, 0.05) is 25.6 Å². The maximum atomic E-state index is 12.4. The summed E-state index contributed by atoms with van der Waals surface area (Å²) in [4.78, 5) is 15.1. The first kappa shape index (κ1) is 14.1. The van der Waals surface area contributed by atoms with E-state index in [2.05, 4.69) is 11.8 Å². The Morgan fingerprint density at radius 3 is 3.26 bits per heavy atom. The minimum Gasteiger partial charge on any atom is -0.380 e. The fourth-order valence-electron chi connectivity index (χ4n) is 2.15. The average molecular weight is 278 g/mol. The molecular formula is C14H18N2O2S. The molecule has 0 aromatic carbocycles. The van der Waals surface area contributed by atoms with E-state index in [4.69, 9.17) is 10.5 Å². The molecule has 1 aromatic heterocycles. The van der Waals surface area contributed by atoms with Crippen LogP contribution in [-0.4, -0.2) is 43.7 Å². The van der Waals surface area contributed by atoms with Crippen LogP contribution in [0.15, 0.2) is 11.4 Å². The monoisotopic (exact) mass is 278 g/mol. The quantitative estimate of drug-likeness (QED) is 0.830. The number of amides is 1. The van der Waals surface area contributed by atoms with Crippen LogP contribution in [-0.2, 0) is 4.74 Å².